The Labute approximate surface area is 126 Å². The van der Waals surface area contributed by atoms with Crippen molar-refractivity contribution >= 4 is 17.3 Å². The largest absolute Gasteiger partial charge is 0.399 e. The van der Waals surface area contributed by atoms with E-state index in [1.54, 1.807) is 35.3 Å². The smallest absolute Gasteiger partial charge is 0.181 e. The van der Waals surface area contributed by atoms with Crippen LogP contribution >= 0.6 is 11.6 Å². The molecule has 0 spiro atoms. The maximum Gasteiger partial charge on any atom is 0.181 e. The first-order valence-electron chi connectivity index (χ1n) is 6.32. The second-order valence-electron chi connectivity index (χ2n) is 4.60. The van der Waals surface area contributed by atoms with Crippen LogP contribution in [0.1, 0.15) is 5.56 Å². The summed E-state index contributed by atoms with van der Waals surface area (Å²) in [6.45, 7) is 0.360. The van der Waals surface area contributed by atoms with Crippen molar-refractivity contribution in [2.45, 2.75) is 6.54 Å². The van der Waals surface area contributed by atoms with E-state index in [1.807, 2.05) is 12.1 Å². The lowest BCUT2D eigenvalue weighted by atomic mass is 10.2. The highest BCUT2D eigenvalue weighted by Crippen LogP contribution is 2.21. The van der Waals surface area contributed by atoms with Crippen LogP contribution < -0.4 is 5.73 Å². The number of halogens is 2. The van der Waals surface area contributed by atoms with Crippen LogP contribution in [0.5, 0.6) is 0 Å². The summed E-state index contributed by atoms with van der Waals surface area (Å²) in [6, 6.07) is 12.0. The maximum absolute atomic E-state index is 13.4. The number of hydrogen-bond donors (Lipinski definition) is 1. The van der Waals surface area contributed by atoms with Crippen molar-refractivity contribution in [1.29, 1.82) is 0 Å². The van der Waals surface area contributed by atoms with Crippen LogP contribution in [-0.4, -0.2) is 14.8 Å². The number of nitrogens with zero attached hydrogens (tertiary/aromatic N) is 3. The Bertz CT molecular complexity index is 768. The Morgan fingerprint density at radius 2 is 1.90 bits per heavy atom. The first kappa shape index (κ1) is 13.6. The average Bonchev–Trinajstić information content (AvgIpc) is 2.93. The van der Waals surface area contributed by atoms with E-state index >= 15 is 0 Å². The summed E-state index contributed by atoms with van der Waals surface area (Å²) in [5.74, 6) is 0.149. The minimum atomic E-state index is -0.437. The molecule has 2 N–H and O–H groups in total. The lowest BCUT2D eigenvalue weighted by molar-refractivity contribution is 0.620. The summed E-state index contributed by atoms with van der Waals surface area (Å²) in [4.78, 5) is 4.24. The number of nitrogen functional groups attached to an aromatic ring is 1. The summed E-state index contributed by atoms with van der Waals surface area (Å²) in [5, 5.41) is 4.47. The standard InChI is InChI=1S/C15H12ClFN4/c16-14-11(2-1-3-13(14)17)8-21-9-19-15(20-21)10-4-6-12(18)7-5-10/h1-7,9H,8,18H2. The van der Waals surface area contributed by atoms with Crippen molar-refractivity contribution < 1.29 is 4.39 Å². The third kappa shape index (κ3) is 2.87. The molecular weight excluding hydrogens is 291 g/mol. The predicted octanol–water partition coefficient (Wildman–Crippen LogP) is 3.37. The molecule has 0 aliphatic heterocycles. The molecule has 0 unspecified atom stereocenters. The molecule has 0 aliphatic carbocycles. The molecule has 0 bridgehead atoms. The van der Waals surface area contributed by atoms with Crippen molar-refractivity contribution in [2.75, 3.05) is 5.73 Å². The van der Waals surface area contributed by atoms with Crippen LogP contribution in [0.15, 0.2) is 48.8 Å². The number of hydrogen-bond acceptors (Lipinski definition) is 3. The van der Waals surface area contributed by atoms with Crippen LogP contribution in [0.4, 0.5) is 10.1 Å². The van der Waals surface area contributed by atoms with Gasteiger partial charge in [0.25, 0.3) is 0 Å². The van der Waals surface area contributed by atoms with Crippen LogP contribution in [-0.2, 0) is 6.54 Å². The summed E-state index contributed by atoms with van der Waals surface area (Å²) >= 11 is 5.93. The highest BCUT2D eigenvalue weighted by molar-refractivity contribution is 6.31. The molecular formula is C15H12ClFN4. The van der Waals surface area contributed by atoms with Gasteiger partial charge in [0.2, 0.25) is 0 Å². The normalized spacial score (nSPS) is 10.8. The second-order valence-corrected chi connectivity index (χ2v) is 4.98. The van der Waals surface area contributed by atoms with Crippen molar-refractivity contribution in [3.8, 4) is 11.4 Å². The quantitative estimate of drug-likeness (QED) is 0.755. The fourth-order valence-corrected chi connectivity index (χ4v) is 2.17. The fourth-order valence-electron chi connectivity index (χ4n) is 1.98. The number of aromatic nitrogens is 3. The van der Waals surface area contributed by atoms with Gasteiger partial charge in [0, 0.05) is 11.3 Å². The lowest BCUT2D eigenvalue weighted by Crippen LogP contribution is -2.02. The molecule has 4 nitrogen and oxygen atoms in total. The number of rotatable bonds is 3. The van der Waals surface area contributed by atoms with E-state index in [1.165, 1.54) is 6.07 Å². The first-order valence-corrected chi connectivity index (χ1v) is 6.69. The van der Waals surface area contributed by atoms with Gasteiger partial charge in [-0.3, -0.25) is 0 Å². The van der Waals surface area contributed by atoms with Gasteiger partial charge in [-0.25, -0.2) is 14.1 Å². The molecule has 3 rings (SSSR count). The summed E-state index contributed by atoms with van der Waals surface area (Å²) in [5.41, 5.74) is 7.86. The van der Waals surface area contributed by atoms with E-state index in [4.69, 9.17) is 17.3 Å². The van der Waals surface area contributed by atoms with Gasteiger partial charge in [0.05, 0.1) is 11.6 Å². The Hall–Kier alpha value is -2.40. The van der Waals surface area contributed by atoms with Crippen LogP contribution in [0.3, 0.4) is 0 Å². The molecule has 0 radical (unpaired) electrons. The summed E-state index contributed by atoms with van der Waals surface area (Å²) in [7, 11) is 0. The third-order valence-corrected chi connectivity index (χ3v) is 3.49. The Morgan fingerprint density at radius 1 is 1.14 bits per heavy atom. The minimum Gasteiger partial charge on any atom is -0.399 e. The summed E-state index contributed by atoms with van der Waals surface area (Å²) in [6.07, 6.45) is 1.59. The molecule has 1 aromatic heterocycles. The Balaban J connectivity index is 1.85. The lowest BCUT2D eigenvalue weighted by Gasteiger charge is -2.04. The Morgan fingerprint density at radius 3 is 2.67 bits per heavy atom. The predicted molar refractivity (Wildman–Crippen MR) is 80.4 cm³/mol. The average molecular weight is 303 g/mol. The van der Waals surface area contributed by atoms with Gasteiger partial charge in [0.1, 0.15) is 12.1 Å². The highest BCUT2D eigenvalue weighted by Gasteiger charge is 2.08. The number of nitrogens with two attached hydrogens (primary N) is 1. The molecule has 1 heterocycles. The van der Waals surface area contributed by atoms with Crippen molar-refractivity contribution in [3.05, 3.63) is 65.2 Å². The SMILES string of the molecule is Nc1ccc(-c2ncn(Cc3cccc(F)c3Cl)n2)cc1. The topological polar surface area (TPSA) is 56.7 Å². The van der Waals surface area contributed by atoms with E-state index in [9.17, 15) is 4.39 Å². The van der Waals surface area contributed by atoms with E-state index in [2.05, 4.69) is 10.1 Å². The molecule has 0 saturated heterocycles. The van der Waals surface area contributed by atoms with E-state index < -0.39 is 5.82 Å². The molecule has 3 aromatic rings. The molecule has 2 aromatic carbocycles. The first-order chi connectivity index (χ1) is 10.1. The van der Waals surface area contributed by atoms with Crippen molar-refractivity contribution in [2.24, 2.45) is 0 Å². The minimum absolute atomic E-state index is 0.113. The molecule has 106 valence electrons. The van der Waals surface area contributed by atoms with Gasteiger partial charge in [-0.2, -0.15) is 5.10 Å². The zero-order valence-corrected chi connectivity index (χ0v) is 11.8. The zero-order valence-electron chi connectivity index (χ0n) is 11.0. The van der Waals surface area contributed by atoms with Crippen LogP contribution in [0.25, 0.3) is 11.4 Å². The molecule has 6 heteroatoms. The summed E-state index contributed by atoms with van der Waals surface area (Å²) < 4.78 is 15.0. The van der Waals surface area contributed by atoms with Crippen molar-refractivity contribution in [3.63, 3.8) is 0 Å². The Kier molecular flexibility index (Phi) is 3.58. The second kappa shape index (κ2) is 5.54. The van der Waals surface area contributed by atoms with Gasteiger partial charge in [-0.05, 0) is 35.9 Å². The monoisotopic (exact) mass is 302 g/mol. The van der Waals surface area contributed by atoms with Gasteiger partial charge in [0.15, 0.2) is 5.82 Å². The van der Waals surface area contributed by atoms with Gasteiger partial charge >= 0.3 is 0 Å². The van der Waals surface area contributed by atoms with E-state index in [-0.39, 0.29) is 5.02 Å². The van der Waals surface area contributed by atoms with Gasteiger partial charge < -0.3 is 5.73 Å². The molecule has 0 aliphatic rings. The number of anilines is 1. The molecule has 0 saturated carbocycles. The third-order valence-electron chi connectivity index (χ3n) is 3.07. The van der Waals surface area contributed by atoms with E-state index in [0.717, 1.165) is 5.56 Å². The zero-order chi connectivity index (χ0) is 14.8. The highest BCUT2D eigenvalue weighted by atomic mass is 35.5. The molecule has 21 heavy (non-hydrogen) atoms. The maximum atomic E-state index is 13.4. The van der Waals surface area contributed by atoms with Crippen LogP contribution in [0, 0.1) is 5.82 Å². The molecule has 0 fully saturated rings. The van der Waals surface area contributed by atoms with E-state index in [0.29, 0.717) is 23.6 Å². The molecule has 0 amide bonds. The number of benzene rings is 2. The van der Waals surface area contributed by atoms with Gasteiger partial charge in [-0.15, -0.1) is 0 Å². The van der Waals surface area contributed by atoms with Crippen molar-refractivity contribution in [1.82, 2.24) is 14.8 Å². The van der Waals surface area contributed by atoms with Crippen LogP contribution in [0.2, 0.25) is 5.02 Å². The van der Waals surface area contributed by atoms with Gasteiger partial charge in [-0.1, -0.05) is 23.7 Å². The fraction of sp³-hybridized carbons (Fsp3) is 0.0667. The molecule has 0 atom stereocenters.